The highest BCUT2D eigenvalue weighted by molar-refractivity contribution is 5.97. The first kappa shape index (κ1) is 20.6. The molecule has 0 fully saturated rings. The SMILES string of the molecule is [C-]#[N+]c1ccc(-c2ccn(Cc3ccc(CN4Cc5ncccc5C4=O)c(F)c3)n2)cc1C. The van der Waals surface area contributed by atoms with Crippen LogP contribution in [0.5, 0.6) is 0 Å². The lowest BCUT2D eigenvalue weighted by molar-refractivity contribution is 0.0765. The fraction of sp³-hybridized carbons (Fsp3) is 0.154. The Hall–Kier alpha value is -4.31. The van der Waals surface area contributed by atoms with Crippen LogP contribution in [0.1, 0.15) is 32.7 Å². The van der Waals surface area contributed by atoms with Gasteiger partial charge in [0.2, 0.25) is 0 Å². The largest absolute Gasteiger partial charge is 0.328 e. The van der Waals surface area contributed by atoms with E-state index in [4.69, 9.17) is 6.57 Å². The third-order valence-electron chi connectivity index (χ3n) is 5.83. The van der Waals surface area contributed by atoms with Crippen LogP contribution in [-0.4, -0.2) is 25.6 Å². The molecular formula is C26H20FN5O. The number of carbonyl (C=O) groups excluding carboxylic acids is 1. The van der Waals surface area contributed by atoms with E-state index < -0.39 is 0 Å². The van der Waals surface area contributed by atoms with E-state index >= 15 is 0 Å². The number of hydrogen-bond acceptors (Lipinski definition) is 3. The fourth-order valence-corrected chi connectivity index (χ4v) is 4.06. The maximum Gasteiger partial charge on any atom is 0.256 e. The lowest BCUT2D eigenvalue weighted by Gasteiger charge is -2.16. The fourth-order valence-electron chi connectivity index (χ4n) is 4.06. The maximum absolute atomic E-state index is 14.8. The lowest BCUT2D eigenvalue weighted by atomic mass is 10.1. The molecule has 2 aromatic carbocycles. The molecule has 2 aromatic heterocycles. The van der Waals surface area contributed by atoms with Crippen molar-refractivity contribution in [1.82, 2.24) is 19.7 Å². The minimum Gasteiger partial charge on any atom is -0.328 e. The second-order valence-corrected chi connectivity index (χ2v) is 8.10. The Morgan fingerprint density at radius 3 is 2.76 bits per heavy atom. The van der Waals surface area contributed by atoms with Crippen LogP contribution in [-0.2, 0) is 19.6 Å². The van der Waals surface area contributed by atoms with Crippen molar-refractivity contribution in [2.75, 3.05) is 0 Å². The van der Waals surface area contributed by atoms with Gasteiger partial charge in [-0.25, -0.2) is 9.24 Å². The molecule has 33 heavy (non-hydrogen) atoms. The van der Waals surface area contributed by atoms with E-state index in [1.165, 1.54) is 6.07 Å². The predicted molar refractivity (Wildman–Crippen MR) is 122 cm³/mol. The number of rotatable bonds is 5. The first-order valence-electron chi connectivity index (χ1n) is 10.5. The molecule has 0 radical (unpaired) electrons. The standard InChI is InChI=1S/C26H20FN5O/c1-17-12-19(7-8-23(17)28-2)24-9-11-32(30-24)14-18-5-6-20(22(27)13-18)15-31-16-25-21(26(31)33)4-3-10-29-25/h3-13H,14-16H2,1H3. The molecule has 0 spiro atoms. The summed E-state index contributed by atoms with van der Waals surface area (Å²) in [5.74, 6) is -0.465. The summed E-state index contributed by atoms with van der Waals surface area (Å²) in [5, 5.41) is 4.60. The van der Waals surface area contributed by atoms with Crippen molar-refractivity contribution in [2.45, 2.75) is 26.6 Å². The van der Waals surface area contributed by atoms with Crippen LogP contribution in [0, 0.1) is 19.3 Å². The summed E-state index contributed by atoms with van der Waals surface area (Å²) in [6.45, 7) is 10.1. The molecule has 0 saturated carbocycles. The van der Waals surface area contributed by atoms with Gasteiger partial charge in [-0.15, -0.1) is 0 Å². The zero-order valence-corrected chi connectivity index (χ0v) is 18.0. The van der Waals surface area contributed by atoms with Crippen LogP contribution >= 0.6 is 0 Å². The number of aryl methyl sites for hydroxylation is 1. The highest BCUT2D eigenvalue weighted by atomic mass is 19.1. The number of nitrogens with zero attached hydrogens (tertiary/aromatic N) is 5. The van der Waals surface area contributed by atoms with Crippen LogP contribution in [0.25, 0.3) is 16.1 Å². The summed E-state index contributed by atoms with van der Waals surface area (Å²) in [6, 6.07) is 16.1. The summed E-state index contributed by atoms with van der Waals surface area (Å²) in [4.78, 5) is 21.9. The molecule has 0 atom stereocenters. The van der Waals surface area contributed by atoms with Crippen molar-refractivity contribution < 1.29 is 9.18 Å². The molecule has 1 aliphatic heterocycles. The van der Waals surface area contributed by atoms with Crippen LogP contribution in [0.4, 0.5) is 10.1 Å². The molecule has 0 unspecified atom stereocenters. The molecule has 162 valence electrons. The van der Waals surface area contributed by atoms with Gasteiger partial charge >= 0.3 is 0 Å². The second kappa shape index (κ2) is 8.32. The van der Waals surface area contributed by atoms with Crippen molar-refractivity contribution in [3.05, 3.63) is 112 Å². The van der Waals surface area contributed by atoms with Crippen molar-refractivity contribution in [3.63, 3.8) is 0 Å². The van der Waals surface area contributed by atoms with Crippen LogP contribution < -0.4 is 0 Å². The topological polar surface area (TPSA) is 55.4 Å². The molecule has 4 aromatic rings. The first-order chi connectivity index (χ1) is 16.0. The minimum absolute atomic E-state index is 0.120. The number of pyridine rings is 1. The van der Waals surface area contributed by atoms with Gasteiger partial charge in [0.15, 0.2) is 5.69 Å². The molecule has 0 saturated heterocycles. The minimum atomic E-state index is -0.345. The van der Waals surface area contributed by atoms with Gasteiger partial charge in [-0.05, 0) is 47.9 Å². The summed E-state index contributed by atoms with van der Waals surface area (Å²) < 4.78 is 16.6. The zero-order valence-electron chi connectivity index (χ0n) is 18.0. The average molecular weight is 437 g/mol. The second-order valence-electron chi connectivity index (χ2n) is 8.10. The van der Waals surface area contributed by atoms with Crippen molar-refractivity contribution >= 4 is 11.6 Å². The maximum atomic E-state index is 14.8. The molecule has 0 bridgehead atoms. The summed E-state index contributed by atoms with van der Waals surface area (Å²) in [6.07, 6.45) is 3.52. The van der Waals surface area contributed by atoms with Crippen LogP contribution in [0.2, 0.25) is 0 Å². The first-order valence-corrected chi connectivity index (χ1v) is 10.5. The zero-order chi connectivity index (χ0) is 22.9. The van der Waals surface area contributed by atoms with E-state index in [9.17, 15) is 9.18 Å². The monoisotopic (exact) mass is 437 g/mol. The number of aromatic nitrogens is 3. The number of fused-ring (bicyclic) bond motifs is 1. The normalized spacial score (nSPS) is 12.6. The van der Waals surface area contributed by atoms with Crippen molar-refractivity contribution in [1.29, 1.82) is 0 Å². The van der Waals surface area contributed by atoms with Crippen LogP contribution in [0.15, 0.2) is 67.0 Å². The highest BCUT2D eigenvalue weighted by Crippen LogP contribution is 2.26. The summed E-state index contributed by atoms with van der Waals surface area (Å²) in [5.41, 5.74) is 5.84. The van der Waals surface area contributed by atoms with Gasteiger partial charge in [0.05, 0.1) is 36.6 Å². The van der Waals surface area contributed by atoms with Gasteiger partial charge in [0, 0.05) is 24.5 Å². The number of amides is 1. The molecular weight excluding hydrogens is 417 g/mol. The molecule has 0 aliphatic carbocycles. The third kappa shape index (κ3) is 3.99. The van der Waals surface area contributed by atoms with E-state index in [0.717, 1.165) is 28.1 Å². The Morgan fingerprint density at radius 2 is 2.00 bits per heavy atom. The van der Waals surface area contributed by atoms with Gasteiger partial charge in [-0.3, -0.25) is 14.5 Å². The smallest absolute Gasteiger partial charge is 0.256 e. The van der Waals surface area contributed by atoms with Gasteiger partial charge in [-0.1, -0.05) is 30.3 Å². The molecule has 1 amide bonds. The van der Waals surface area contributed by atoms with E-state index in [0.29, 0.717) is 29.9 Å². The van der Waals surface area contributed by atoms with Gasteiger partial charge in [-0.2, -0.15) is 5.10 Å². The molecule has 6 nitrogen and oxygen atoms in total. The quantitative estimate of drug-likeness (QED) is 0.406. The molecule has 7 heteroatoms. The van der Waals surface area contributed by atoms with Crippen LogP contribution in [0.3, 0.4) is 0 Å². The number of hydrogen-bond donors (Lipinski definition) is 0. The Bertz CT molecular complexity index is 1420. The van der Waals surface area contributed by atoms with E-state index in [1.807, 2.05) is 37.4 Å². The third-order valence-corrected chi connectivity index (χ3v) is 5.83. The molecule has 3 heterocycles. The Balaban J connectivity index is 1.29. The van der Waals surface area contributed by atoms with Gasteiger partial charge < -0.3 is 4.90 Å². The van der Waals surface area contributed by atoms with E-state index in [2.05, 4.69) is 14.9 Å². The average Bonchev–Trinajstić information content (AvgIpc) is 3.40. The number of carbonyl (C=O) groups is 1. The Kier molecular flexibility index (Phi) is 5.19. The van der Waals surface area contributed by atoms with Gasteiger partial charge in [0.25, 0.3) is 5.91 Å². The Morgan fingerprint density at radius 1 is 1.12 bits per heavy atom. The number of benzene rings is 2. The van der Waals surface area contributed by atoms with Crippen molar-refractivity contribution in [3.8, 4) is 11.3 Å². The summed E-state index contributed by atoms with van der Waals surface area (Å²) in [7, 11) is 0. The molecule has 5 rings (SSSR count). The van der Waals surface area contributed by atoms with Crippen molar-refractivity contribution in [2.24, 2.45) is 0 Å². The van der Waals surface area contributed by atoms with E-state index in [-0.39, 0.29) is 18.3 Å². The van der Waals surface area contributed by atoms with E-state index in [1.54, 1.807) is 40.0 Å². The molecule has 0 N–H and O–H groups in total. The summed E-state index contributed by atoms with van der Waals surface area (Å²) >= 11 is 0. The van der Waals surface area contributed by atoms with Gasteiger partial charge in [0.1, 0.15) is 5.82 Å². The Labute approximate surface area is 190 Å². The lowest BCUT2D eigenvalue weighted by Crippen LogP contribution is -2.23. The highest BCUT2D eigenvalue weighted by Gasteiger charge is 2.28. The number of halogens is 1. The molecule has 1 aliphatic rings. The predicted octanol–water partition coefficient (Wildman–Crippen LogP) is 5.15.